The van der Waals surface area contributed by atoms with E-state index in [2.05, 4.69) is 32.2 Å². The van der Waals surface area contributed by atoms with Gasteiger partial charge in [0, 0.05) is 25.2 Å². The summed E-state index contributed by atoms with van der Waals surface area (Å²) in [5.41, 5.74) is 4.23. The van der Waals surface area contributed by atoms with E-state index >= 15 is 0 Å². The first-order chi connectivity index (χ1) is 12.8. The van der Waals surface area contributed by atoms with Crippen LogP contribution in [0.25, 0.3) is 0 Å². The maximum atomic E-state index is 12.6. The molecular formula is C23H28N2O2. The fourth-order valence-electron chi connectivity index (χ4n) is 3.50. The fourth-order valence-corrected chi connectivity index (χ4v) is 3.50. The maximum Gasteiger partial charge on any atom is 0.227 e. The largest absolute Gasteiger partial charge is 0.352 e. The average Bonchev–Trinajstić information content (AvgIpc) is 3.02. The van der Waals surface area contributed by atoms with Gasteiger partial charge in [-0.2, -0.15) is 0 Å². The lowest BCUT2D eigenvalue weighted by Crippen LogP contribution is -2.33. The Morgan fingerprint density at radius 3 is 2.44 bits per heavy atom. The highest BCUT2D eigenvalue weighted by molar-refractivity contribution is 6.01. The summed E-state index contributed by atoms with van der Waals surface area (Å²) in [4.78, 5) is 27.0. The number of para-hydroxylation sites is 1. The Morgan fingerprint density at radius 1 is 1.11 bits per heavy atom. The van der Waals surface area contributed by atoms with Crippen molar-refractivity contribution in [3.05, 3.63) is 65.2 Å². The van der Waals surface area contributed by atoms with Gasteiger partial charge in [-0.1, -0.05) is 68.8 Å². The summed E-state index contributed by atoms with van der Waals surface area (Å²) in [5, 5.41) is 2.98. The maximum absolute atomic E-state index is 12.6. The zero-order valence-electron chi connectivity index (χ0n) is 16.6. The van der Waals surface area contributed by atoms with Gasteiger partial charge in [0.05, 0.1) is 5.92 Å². The standard InChI is InChI=1S/C23H28N2O2/c1-16-9-11-17(12-10-16)14-24-22(27)18-13-21(26)25(15-18)20-8-6-5-7-19(20)23(2,3)4/h5-12,18H,13-15H2,1-4H3,(H,24,27). The second kappa shape index (κ2) is 7.55. The summed E-state index contributed by atoms with van der Waals surface area (Å²) in [6.07, 6.45) is 0.262. The molecule has 1 unspecified atom stereocenters. The van der Waals surface area contributed by atoms with Crippen LogP contribution in [-0.2, 0) is 21.5 Å². The van der Waals surface area contributed by atoms with Crippen LogP contribution in [0.2, 0.25) is 0 Å². The summed E-state index contributed by atoms with van der Waals surface area (Å²) in [6.45, 7) is 9.37. The number of nitrogens with zero attached hydrogens (tertiary/aromatic N) is 1. The Bertz CT molecular complexity index is 834. The van der Waals surface area contributed by atoms with E-state index in [9.17, 15) is 9.59 Å². The second-order valence-corrected chi connectivity index (χ2v) is 8.38. The number of benzene rings is 2. The van der Waals surface area contributed by atoms with Crippen molar-refractivity contribution in [2.24, 2.45) is 5.92 Å². The van der Waals surface area contributed by atoms with Crippen molar-refractivity contribution in [2.75, 3.05) is 11.4 Å². The predicted octanol–water partition coefficient (Wildman–Crippen LogP) is 3.96. The van der Waals surface area contributed by atoms with Crippen molar-refractivity contribution in [3.63, 3.8) is 0 Å². The molecule has 1 fully saturated rings. The Hall–Kier alpha value is -2.62. The van der Waals surface area contributed by atoms with Crippen LogP contribution >= 0.6 is 0 Å². The Labute approximate surface area is 161 Å². The minimum Gasteiger partial charge on any atom is -0.352 e. The van der Waals surface area contributed by atoms with Crippen molar-refractivity contribution < 1.29 is 9.59 Å². The van der Waals surface area contributed by atoms with Crippen LogP contribution in [0.15, 0.2) is 48.5 Å². The molecule has 4 nitrogen and oxygen atoms in total. The summed E-state index contributed by atoms with van der Waals surface area (Å²) in [7, 11) is 0. The molecule has 2 aromatic rings. The molecule has 1 aliphatic heterocycles. The van der Waals surface area contributed by atoms with Gasteiger partial charge in [-0.25, -0.2) is 0 Å². The molecular weight excluding hydrogens is 336 g/mol. The van der Waals surface area contributed by atoms with Crippen LogP contribution in [0, 0.1) is 12.8 Å². The number of carbonyl (C=O) groups excluding carboxylic acids is 2. The van der Waals surface area contributed by atoms with Gasteiger partial charge in [-0.05, 0) is 29.5 Å². The van der Waals surface area contributed by atoms with Gasteiger partial charge in [-0.15, -0.1) is 0 Å². The van der Waals surface area contributed by atoms with Crippen molar-refractivity contribution in [2.45, 2.75) is 46.1 Å². The van der Waals surface area contributed by atoms with Gasteiger partial charge < -0.3 is 10.2 Å². The second-order valence-electron chi connectivity index (χ2n) is 8.38. The molecule has 1 N–H and O–H groups in total. The summed E-state index contributed by atoms with van der Waals surface area (Å²) in [5.74, 6) is -0.349. The van der Waals surface area contributed by atoms with Crippen LogP contribution in [0.3, 0.4) is 0 Å². The molecule has 4 heteroatoms. The molecule has 142 valence electrons. The summed E-state index contributed by atoms with van der Waals surface area (Å²) >= 11 is 0. The molecule has 0 saturated carbocycles. The molecule has 3 rings (SSSR count). The van der Waals surface area contributed by atoms with E-state index in [0.717, 1.165) is 16.8 Å². The number of nitrogens with one attached hydrogen (secondary N) is 1. The normalized spacial score (nSPS) is 17.3. The van der Waals surface area contributed by atoms with E-state index in [0.29, 0.717) is 13.1 Å². The van der Waals surface area contributed by atoms with Crippen LogP contribution in [0.5, 0.6) is 0 Å². The molecule has 0 aliphatic carbocycles. The van der Waals surface area contributed by atoms with E-state index in [1.54, 1.807) is 4.90 Å². The van der Waals surface area contributed by atoms with Gasteiger partial charge >= 0.3 is 0 Å². The van der Waals surface area contributed by atoms with E-state index in [1.165, 1.54) is 5.56 Å². The molecule has 1 saturated heterocycles. The molecule has 2 aromatic carbocycles. The lowest BCUT2D eigenvalue weighted by Gasteiger charge is -2.27. The predicted molar refractivity (Wildman–Crippen MR) is 109 cm³/mol. The number of anilines is 1. The Morgan fingerprint density at radius 2 is 1.78 bits per heavy atom. The molecule has 27 heavy (non-hydrogen) atoms. The molecule has 1 atom stereocenters. The SMILES string of the molecule is Cc1ccc(CNC(=O)C2CC(=O)N(c3ccccc3C(C)(C)C)C2)cc1. The number of rotatable bonds is 4. The van der Waals surface area contributed by atoms with Gasteiger partial charge in [0.25, 0.3) is 0 Å². The molecule has 2 amide bonds. The van der Waals surface area contributed by atoms with Crippen LogP contribution < -0.4 is 10.2 Å². The number of hydrogen-bond donors (Lipinski definition) is 1. The summed E-state index contributed by atoms with van der Waals surface area (Å²) < 4.78 is 0. The highest BCUT2D eigenvalue weighted by atomic mass is 16.2. The van der Waals surface area contributed by atoms with E-state index in [-0.39, 0.29) is 29.6 Å². The van der Waals surface area contributed by atoms with Crippen molar-refractivity contribution in [1.82, 2.24) is 5.32 Å². The molecule has 0 bridgehead atoms. The Balaban J connectivity index is 1.69. The molecule has 1 aliphatic rings. The first-order valence-corrected chi connectivity index (χ1v) is 9.49. The van der Waals surface area contributed by atoms with Gasteiger partial charge in [0.2, 0.25) is 11.8 Å². The molecule has 0 spiro atoms. The molecule has 1 heterocycles. The third kappa shape index (κ3) is 4.38. The minimum absolute atomic E-state index is 0.0159. The third-order valence-corrected chi connectivity index (χ3v) is 5.09. The van der Waals surface area contributed by atoms with Crippen molar-refractivity contribution in [1.29, 1.82) is 0 Å². The number of aryl methyl sites for hydroxylation is 1. The van der Waals surface area contributed by atoms with E-state index in [1.807, 2.05) is 49.4 Å². The third-order valence-electron chi connectivity index (χ3n) is 5.09. The number of hydrogen-bond acceptors (Lipinski definition) is 2. The monoisotopic (exact) mass is 364 g/mol. The number of carbonyl (C=O) groups is 2. The molecule has 0 radical (unpaired) electrons. The number of amides is 2. The topological polar surface area (TPSA) is 49.4 Å². The highest BCUT2D eigenvalue weighted by Gasteiger charge is 2.36. The van der Waals surface area contributed by atoms with Gasteiger partial charge in [0.15, 0.2) is 0 Å². The first kappa shape index (κ1) is 19.2. The Kier molecular flexibility index (Phi) is 5.36. The van der Waals surface area contributed by atoms with Crippen LogP contribution in [-0.4, -0.2) is 18.4 Å². The fraction of sp³-hybridized carbons (Fsp3) is 0.391. The zero-order chi connectivity index (χ0) is 19.6. The summed E-state index contributed by atoms with van der Waals surface area (Å²) in [6, 6.07) is 16.1. The van der Waals surface area contributed by atoms with Crippen LogP contribution in [0.4, 0.5) is 5.69 Å². The van der Waals surface area contributed by atoms with Crippen molar-refractivity contribution >= 4 is 17.5 Å². The van der Waals surface area contributed by atoms with Gasteiger partial charge in [-0.3, -0.25) is 9.59 Å². The highest BCUT2D eigenvalue weighted by Crippen LogP contribution is 2.35. The quantitative estimate of drug-likeness (QED) is 0.893. The van der Waals surface area contributed by atoms with Crippen LogP contribution in [0.1, 0.15) is 43.9 Å². The van der Waals surface area contributed by atoms with Gasteiger partial charge in [0.1, 0.15) is 0 Å². The average molecular weight is 364 g/mol. The van der Waals surface area contributed by atoms with E-state index < -0.39 is 0 Å². The van der Waals surface area contributed by atoms with Crippen molar-refractivity contribution in [3.8, 4) is 0 Å². The smallest absolute Gasteiger partial charge is 0.227 e. The minimum atomic E-state index is -0.309. The van der Waals surface area contributed by atoms with E-state index in [4.69, 9.17) is 0 Å². The first-order valence-electron chi connectivity index (χ1n) is 9.49. The molecule has 0 aromatic heterocycles. The lowest BCUT2D eigenvalue weighted by atomic mass is 9.85. The zero-order valence-corrected chi connectivity index (χ0v) is 16.6. The lowest BCUT2D eigenvalue weighted by molar-refractivity contribution is -0.126.